The third-order valence-corrected chi connectivity index (χ3v) is 6.38. The topological polar surface area (TPSA) is 66.5 Å². The number of carbonyl (C=O) groups is 1. The number of halogens is 1. The van der Waals surface area contributed by atoms with Crippen molar-refractivity contribution in [1.29, 1.82) is 0 Å². The maximum Gasteiger partial charge on any atom is 0.264 e. The van der Waals surface area contributed by atoms with Gasteiger partial charge in [0.05, 0.1) is 10.6 Å². The molecule has 0 aliphatic rings. The van der Waals surface area contributed by atoms with Crippen LogP contribution in [-0.2, 0) is 21.4 Å². The van der Waals surface area contributed by atoms with Crippen LogP contribution in [0.4, 0.5) is 5.69 Å². The van der Waals surface area contributed by atoms with Gasteiger partial charge in [0.25, 0.3) is 10.0 Å². The van der Waals surface area contributed by atoms with Gasteiger partial charge in [-0.1, -0.05) is 59.6 Å². The normalized spacial score (nSPS) is 11.1. The number of nitrogens with zero attached hydrogens (tertiary/aromatic N) is 1. The van der Waals surface area contributed by atoms with Gasteiger partial charge in [0, 0.05) is 11.6 Å². The monoisotopic (exact) mass is 428 g/mol. The molecule has 0 aromatic heterocycles. The van der Waals surface area contributed by atoms with Gasteiger partial charge in [0.1, 0.15) is 6.54 Å². The van der Waals surface area contributed by atoms with Crippen molar-refractivity contribution in [3.8, 4) is 0 Å². The predicted molar refractivity (Wildman–Crippen MR) is 115 cm³/mol. The second-order valence-corrected chi connectivity index (χ2v) is 8.86. The van der Waals surface area contributed by atoms with E-state index >= 15 is 0 Å². The summed E-state index contributed by atoms with van der Waals surface area (Å²) in [6.07, 6.45) is 0. The summed E-state index contributed by atoms with van der Waals surface area (Å²) in [5.41, 5.74) is 2.34. The smallest absolute Gasteiger partial charge is 0.264 e. The van der Waals surface area contributed by atoms with Crippen LogP contribution >= 0.6 is 11.6 Å². The molecule has 0 aliphatic heterocycles. The van der Waals surface area contributed by atoms with Crippen LogP contribution in [-0.4, -0.2) is 20.9 Å². The van der Waals surface area contributed by atoms with E-state index in [4.69, 9.17) is 11.6 Å². The molecule has 1 N–H and O–H groups in total. The van der Waals surface area contributed by atoms with Gasteiger partial charge in [0.2, 0.25) is 5.91 Å². The number of carbonyl (C=O) groups excluding carboxylic acids is 1. The summed E-state index contributed by atoms with van der Waals surface area (Å²) in [6.45, 7) is 1.90. The fourth-order valence-corrected chi connectivity index (χ4v) is 4.29. The third kappa shape index (κ3) is 5.37. The summed E-state index contributed by atoms with van der Waals surface area (Å²) in [5, 5.41) is 3.21. The molecule has 150 valence electrons. The van der Waals surface area contributed by atoms with Gasteiger partial charge >= 0.3 is 0 Å². The minimum Gasteiger partial charge on any atom is -0.350 e. The Bertz CT molecular complexity index is 1070. The molecule has 1 amide bonds. The summed E-state index contributed by atoms with van der Waals surface area (Å²) >= 11 is 5.89. The summed E-state index contributed by atoms with van der Waals surface area (Å²) in [4.78, 5) is 12.6. The second kappa shape index (κ2) is 9.11. The first-order valence-corrected chi connectivity index (χ1v) is 10.8. The predicted octanol–water partition coefficient (Wildman–Crippen LogP) is 4.16. The first-order valence-electron chi connectivity index (χ1n) is 9.02. The Kier molecular flexibility index (Phi) is 6.56. The van der Waals surface area contributed by atoms with Crippen LogP contribution in [0.2, 0.25) is 5.02 Å². The van der Waals surface area contributed by atoms with Crippen LogP contribution in [0.25, 0.3) is 0 Å². The highest BCUT2D eigenvalue weighted by Gasteiger charge is 2.27. The largest absolute Gasteiger partial charge is 0.350 e. The Hall–Kier alpha value is -2.83. The van der Waals surface area contributed by atoms with Crippen molar-refractivity contribution < 1.29 is 13.2 Å². The molecule has 0 saturated carbocycles. The lowest BCUT2D eigenvalue weighted by Crippen LogP contribution is -2.40. The van der Waals surface area contributed by atoms with Crippen molar-refractivity contribution in [2.24, 2.45) is 0 Å². The molecule has 0 heterocycles. The molecule has 0 spiro atoms. The van der Waals surface area contributed by atoms with Crippen molar-refractivity contribution in [1.82, 2.24) is 5.32 Å². The molecule has 3 aromatic carbocycles. The molecule has 0 atom stereocenters. The highest BCUT2D eigenvalue weighted by molar-refractivity contribution is 7.92. The summed E-state index contributed by atoms with van der Waals surface area (Å²) in [6, 6.07) is 22.3. The quantitative estimate of drug-likeness (QED) is 0.614. The molecule has 7 heteroatoms. The van der Waals surface area contributed by atoms with Crippen molar-refractivity contribution >= 4 is 33.2 Å². The van der Waals surface area contributed by atoms with Gasteiger partial charge in [0.15, 0.2) is 0 Å². The molecule has 0 aliphatic carbocycles. The average molecular weight is 429 g/mol. The maximum absolute atomic E-state index is 13.2. The Labute approximate surface area is 176 Å². The van der Waals surface area contributed by atoms with E-state index in [1.54, 1.807) is 12.1 Å². The molecule has 0 unspecified atom stereocenters. The SMILES string of the molecule is Cc1ccc(N(CC(=O)NCc2ccccc2)S(=O)(=O)c2ccc(Cl)cc2)cc1. The molecular formula is C22H21ClN2O3S. The minimum atomic E-state index is -3.95. The number of rotatable bonds is 7. The van der Waals surface area contributed by atoms with E-state index in [0.29, 0.717) is 17.3 Å². The lowest BCUT2D eigenvalue weighted by Gasteiger charge is -2.24. The molecule has 0 saturated heterocycles. The molecule has 29 heavy (non-hydrogen) atoms. The minimum absolute atomic E-state index is 0.0679. The van der Waals surface area contributed by atoms with E-state index in [1.165, 1.54) is 24.3 Å². The maximum atomic E-state index is 13.2. The van der Waals surface area contributed by atoms with Gasteiger partial charge in [-0.15, -0.1) is 0 Å². The third-order valence-electron chi connectivity index (χ3n) is 4.34. The number of amides is 1. The van der Waals surface area contributed by atoms with Crippen LogP contribution < -0.4 is 9.62 Å². The Morgan fingerprint density at radius 2 is 1.55 bits per heavy atom. The van der Waals surface area contributed by atoms with E-state index in [-0.39, 0.29) is 11.4 Å². The zero-order valence-electron chi connectivity index (χ0n) is 15.9. The number of nitrogens with one attached hydrogen (secondary N) is 1. The van der Waals surface area contributed by atoms with Crippen molar-refractivity contribution in [3.05, 3.63) is 95.0 Å². The number of hydrogen-bond acceptors (Lipinski definition) is 3. The van der Waals surface area contributed by atoms with Crippen LogP contribution in [0.5, 0.6) is 0 Å². The number of aryl methyl sites for hydroxylation is 1. The molecule has 0 fully saturated rings. The first kappa shape index (κ1) is 20.9. The lowest BCUT2D eigenvalue weighted by atomic mass is 10.2. The highest BCUT2D eigenvalue weighted by Crippen LogP contribution is 2.25. The number of sulfonamides is 1. The van der Waals surface area contributed by atoms with Gasteiger partial charge in [-0.05, 0) is 48.9 Å². The average Bonchev–Trinajstić information content (AvgIpc) is 2.72. The lowest BCUT2D eigenvalue weighted by molar-refractivity contribution is -0.119. The molecular weight excluding hydrogens is 408 g/mol. The van der Waals surface area contributed by atoms with Crippen molar-refractivity contribution in [2.45, 2.75) is 18.4 Å². The Morgan fingerprint density at radius 1 is 0.931 bits per heavy atom. The Morgan fingerprint density at radius 3 is 2.17 bits per heavy atom. The van der Waals surface area contributed by atoms with E-state index < -0.39 is 15.9 Å². The van der Waals surface area contributed by atoms with E-state index in [9.17, 15) is 13.2 Å². The van der Waals surface area contributed by atoms with E-state index in [1.807, 2.05) is 49.4 Å². The van der Waals surface area contributed by atoms with Crippen molar-refractivity contribution in [3.63, 3.8) is 0 Å². The Balaban J connectivity index is 1.86. The van der Waals surface area contributed by atoms with Crippen LogP contribution in [0, 0.1) is 6.92 Å². The van der Waals surface area contributed by atoms with Crippen LogP contribution in [0.1, 0.15) is 11.1 Å². The van der Waals surface area contributed by atoms with Gasteiger partial charge < -0.3 is 5.32 Å². The second-order valence-electron chi connectivity index (χ2n) is 6.56. The van der Waals surface area contributed by atoms with Gasteiger partial charge in [-0.2, -0.15) is 0 Å². The van der Waals surface area contributed by atoms with Gasteiger partial charge in [-0.3, -0.25) is 9.10 Å². The number of hydrogen-bond donors (Lipinski definition) is 1. The number of anilines is 1. The van der Waals surface area contributed by atoms with E-state index in [0.717, 1.165) is 15.4 Å². The van der Waals surface area contributed by atoms with Gasteiger partial charge in [-0.25, -0.2) is 8.42 Å². The molecule has 5 nitrogen and oxygen atoms in total. The molecule has 3 rings (SSSR count). The van der Waals surface area contributed by atoms with Crippen LogP contribution in [0.15, 0.2) is 83.8 Å². The summed E-state index contributed by atoms with van der Waals surface area (Å²) in [7, 11) is -3.95. The summed E-state index contributed by atoms with van der Waals surface area (Å²) in [5.74, 6) is -0.396. The molecule has 0 radical (unpaired) electrons. The fraction of sp³-hybridized carbons (Fsp3) is 0.136. The molecule has 0 bridgehead atoms. The highest BCUT2D eigenvalue weighted by atomic mass is 35.5. The molecule has 3 aromatic rings. The standard InChI is InChI=1S/C22H21ClN2O3S/c1-17-7-11-20(12-8-17)25(29(27,28)21-13-9-19(23)10-14-21)16-22(26)24-15-18-5-3-2-4-6-18/h2-14H,15-16H2,1H3,(H,24,26). The van der Waals surface area contributed by atoms with E-state index in [2.05, 4.69) is 5.32 Å². The zero-order chi connectivity index (χ0) is 20.9. The van der Waals surface area contributed by atoms with Crippen molar-refractivity contribution in [2.75, 3.05) is 10.8 Å². The first-order chi connectivity index (χ1) is 13.9. The zero-order valence-corrected chi connectivity index (χ0v) is 17.5. The fourth-order valence-electron chi connectivity index (χ4n) is 2.74. The number of benzene rings is 3. The van der Waals surface area contributed by atoms with Crippen LogP contribution in [0.3, 0.4) is 0 Å². The summed E-state index contributed by atoms with van der Waals surface area (Å²) < 4.78 is 27.6.